The van der Waals surface area contributed by atoms with Gasteiger partial charge in [0.25, 0.3) is 0 Å². The predicted molar refractivity (Wildman–Crippen MR) is 72.7 cm³/mol. The molecule has 2 aliphatic rings. The Balaban J connectivity index is 1.85. The molecule has 0 amide bonds. The summed E-state index contributed by atoms with van der Waals surface area (Å²) in [4.78, 5) is 0. The Hall–Kier alpha value is 0.230. The minimum atomic E-state index is -1.17. The largest absolute Gasteiger partial charge is 0.350 e. The van der Waals surface area contributed by atoms with E-state index >= 15 is 0 Å². The second kappa shape index (κ2) is 6.79. The van der Waals surface area contributed by atoms with Crippen molar-refractivity contribution in [1.82, 2.24) is 0 Å². The fourth-order valence-electron chi connectivity index (χ4n) is 2.21. The number of hydrogen-bond acceptors (Lipinski definition) is 5. The van der Waals surface area contributed by atoms with Gasteiger partial charge in [-0.2, -0.15) is 0 Å². The molecule has 0 N–H and O–H groups in total. The van der Waals surface area contributed by atoms with Gasteiger partial charge in [-0.05, 0) is 26.7 Å². The Morgan fingerprint density at radius 2 is 1.74 bits per heavy atom. The first-order valence-corrected chi connectivity index (χ1v) is 8.12. The van der Waals surface area contributed by atoms with Gasteiger partial charge in [-0.25, -0.2) is 0 Å². The Bertz CT molecular complexity index is 268. The maximum atomic E-state index is 5.81. The second-order valence-corrected chi connectivity index (χ2v) is 6.97. The fourth-order valence-corrected chi connectivity index (χ4v) is 3.37. The van der Waals surface area contributed by atoms with Crippen LogP contribution in [0.3, 0.4) is 0 Å². The minimum absolute atomic E-state index is 0.0726. The molecule has 112 valence electrons. The van der Waals surface area contributed by atoms with Gasteiger partial charge in [0.1, 0.15) is 0 Å². The molecule has 0 saturated carbocycles. The van der Waals surface area contributed by atoms with Crippen LogP contribution in [0.1, 0.15) is 40.0 Å². The molecule has 0 aromatic rings. The van der Waals surface area contributed by atoms with Crippen LogP contribution < -0.4 is 0 Å². The number of ether oxygens (including phenoxy) is 2. The first-order valence-electron chi connectivity index (χ1n) is 7.02. The molecule has 19 heavy (non-hydrogen) atoms. The molecule has 2 rings (SSSR count). The van der Waals surface area contributed by atoms with E-state index in [1.54, 1.807) is 0 Å². The molecule has 0 aliphatic carbocycles. The zero-order chi connectivity index (χ0) is 13.8. The first kappa shape index (κ1) is 15.6. The lowest BCUT2D eigenvalue weighted by Gasteiger charge is -2.43. The van der Waals surface area contributed by atoms with Crippen LogP contribution in [-0.4, -0.2) is 38.8 Å². The molecule has 0 unspecified atom stereocenters. The summed E-state index contributed by atoms with van der Waals surface area (Å²) in [5, 5.41) is 0. The van der Waals surface area contributed by atoms with Crippen molar-refractivity contribution in [3.8, 4) is 0 Å². The highest BCUT2D eigenvalue weighted by Crippen LogP contribution is 2.45. The summed E-state index contributed by atoms with van der Waals surface area (Å²) in [5.74, 6) is -0.486. The SMILES string of the molecule is CCCC1(COP2OCCCO2)COC(C)(C)OC1. The molecule has 2 heterocycles. The molecule has 6 heteroatoms. The van der Waals surface area contributed by atoms with E-state index in [9.17, 15) is 0 Å². The van der Waals surface area contributed by atoms with Gasteiger partial charge in [0.05, 0.1) is 33.0 Å². The van der Waals surface area contributed by atoms with Crippen LogP contribution in [0.2, 0.25) is 0 Å². The zero-order valence-corrected chi connectivity index (χ0v) is 13.0. The smallest absolute Gasteiger partial charge is 0.332 e. The summed E-state index contributed by atoms with van der Waals surface area (Å²) < 4.78 is 28.3. The van der Waals surface area contributed by atoms with E-state index in [4.69, 9.17) is 23.0 Å². The quantitative estimate of drug-likeness (QED) is 0.728. The van der Waals surface area contributed by atoms with Crippen LogP contribution in [-0.2, 0) is 23.0 Å². The van der Waals surface area contributed by atoms with Gasteiger partial charge < -0.3 is 23.0 Å². The third kappa shape index (κ3) is 4.62. The van der Waals surface area contributed by atoms with Crippen molar-refractivity contribution in [2.45, 2.75) is 45.8 Å². The minimum Gasteiger partial charge on any atom is -0.350 e. The highest BCUT2D eigenvalue weighted by molar-refractivity contribution is 7.41. The monoisotopic (exact) mass is 292 g/mol. The summed E-state index contributed by atoms with van der Waals surface area (Å²) >= 11 is 0. The van der Waals surface area contributed by atoms with Gasteiger partial charge in [0, 0.05) is 5.41 Å². The highest BCUT2D eigenvalue weighted by Gasteiger charge is 2.40. The molecule has 0 aromatic heterocycles. The van der Waals surface area contributed by atoms with Crippen molar-refractivity contribution in [3.05, 3.63) is 0 Å². The van der Waals surface area contributed by atoms with Gasteiger partial charge in [0.2, 0.25) is 0 Å². The van der Waals surface area contributed by atoms with Crippen LogP contribution in [0, 0.1) is 5.41 Å². The number of hydrogen-bond donors (Lipinski definition) is 0. The Labute approximate surface area is 116 Å². The van der Waals surface area contributed by atoms with Gasteiger partial charge in [-0.3, -0.25) is 0 Å². The normalized spacial score (nSPS) is 27.3. The third-order valence-corrected chi connectivity index (χ3v) is 4.52. The predicted octanol–water partition coefficient (Wildman–Crippen LogP) is 3.24. The lowest BCUT2D eigenvalue weighted by molar-refractivity contribution is -0.290. The van der Waals surface area contributed by atoms with E-state index < -0.39 is 14.4 Å². The summed E-state index contributed by atoms with van der Waals surface area (Å²) in [6.45, 7) is 9.42. The van der Waals surface area contributed by atoms with E-state index in [1.165, 1.54) is 0 Å². The van der Waals surface area contributed by atoms with Crippen LogP contribution in [0.5, 0.6) is 0 Å². The Morgan fingerprint density at radius 1 is 1.11 bits per heavy atom. The van der Waals surface area contributed by atoms with Crippen LogP contribution in [0.15, 0.2) is 0 Å². The average Bonchev–Trinajstić information content (AvgIpc) is 2.41. The van der Waals surface area contributed by atoms with Crippen LogP contribution >= 0.6 is 8.60 Å². The van der Waals surface area contributed by atoms with Crippen molar-refractivity contribution in [1.29, 1.82) is 0 Å². The van der Waals surface area contributed by atoms with Gasteiger partial charge >= 0.3 is 8.60 Å². The average molecular weight is 292 g/mol. The molecule has 0 spiro atoms. The fraction of sp³-hybridized carbons (Fsp3) is 1.00. The summed E-state index contributed by atoms with van der Waals surface area (Å²) in [5.41, 5.74) is -0.0726. The molecule has 5 nitrogen and oxygen atoms in total. The molecule has 2 aliphatic heterocycles. The summed E-state index contributed by atoms with van der Waals surface area (Å²) in [6, 6.07) is 0. The summed E-state index contributed by atoms with van der Waals surface area (Å²) in [7, 11) is -1.17. The maximum absolute atomic E-state index is 5.81. The van der Waals surface area contributed by atoms with Crippen LogP contribution in [0.4, 0.5) is 0 Å². The standard InChI is InChI=1S/C13H25O5P/c1-4-6-13(9-14-12(2,3)15-10-13)11-18-19-16-7-5-8-17-19/h4-11H2,1-3H3. The van der Waals surface area contributed by atoms with E-state index in [-0.39, 0.29) is 5.41 Å². The van der Waals surface area contributed by atoms with Crippen molar-refractivity contribution >= 4 is 8.60 Å². The van der Waals surface area contributed by atoms with Crippen LogP contribution in [0.25, 0.3) is 0 Å². The van der Waals surface area contributed by atoms with E-state index in [0.717, 1.165) is 32.5 Å². The second-order valence-electron chi connectivity index (χ2n) is 5.74. The third-order valence-electron chi connectivity index (χ3n) is 3.39. The van der Waals surface area contributed by atoms with Gasteiger partial charge in [0.15, 0.2) is 5.79 Å². The Morgan fingerprint density at radius 3 is 2.32 bits per heavy atom. The van der Waals surface area contributed by atoms with Gasteiger partial charge in [-0.15, -0.1) is 0 Å². The zero-order valence-electron chi connectivity index (χ0n) is 12.1. The van der Waals surface area contributed by atoms with Crippen molar-refractivity contribution < 1.29 is 23.0 Å². The molecular formula is C13H25O5P. The Kier molecular flexibility index (Phi) is 5.58. The molecular weight excluding hydrogens is 267 g/mol. The van der Waals surface area contributed by atoms with E-state index in [0.29, 0.717) is 19.8 Å². The van der Waals surface area contributed by atoms with Crippen molar-refractivity contribution in [3.63, 3.8) is 0 Å². The topological polar surface area (TPSA) is 46.2 Å². The molecule has 2 fully saturated rings. The molecule has 2 saturated heterocycles. The highest BCUT2D eigenvalue weighted by atomic mass is 31.2. The molecule has 0 bridgehead atoms. The lowest BCUT2D eigenvalue weighted by Crippen LogP contribution is -2.48. The first-order chi connectivity index (χ1) is 9.05. The lowest BCUT2D eigenvalue weighted by atomic mass is 9.85. The van der Waals surface area contributed by atoms with Crippen molar-refractivity contribution in [2.24, 2.45) is 5.41 Å². The van der Waals surface area contributed by atoms with Crippen molar-refractivity contribution in [2.75, 3.05) is 33.0 Å². The molecule has 0 atom stereocenters. The van der Waals surface area contributed by atoms with Gasteiger partial charge in [-0.1, -0.05) is 13.3 Å². The molecule has 0 radical (unpaired) electrons. The maximum Gasteiger partial charge on any atom is 0.332 e. The van der Waals surface area contributed by atoms with E-state index in [2.05, 4.69) is 6.92 Å². The summed E-state index contributed by atoms with van der Waals surface area (Å²) in [6.07, 6.45) is 3.05. The molecule has 0 aromatic carbocycles. The van der Waals surface area contributed by atoms with E-state index in [1.807, 2.05) is 13.8 Å². The number of rotatable bonds is 5.